The fourth-order valence-corrected chi connectivity index (χ4v) is 4.01. The van der Waals surface area contributed by atoms with Gasteiger partial charge in [0.2, 0.25) is 0 Å². The van der Waals surface area contributed by atoms with Gasteiger partial charge in [-0.1, -0.05) is 48.5 Å². The molecule has 0 amide bonds. The van der Waals surface area contributed by atoms with Crippen molar-refractivity contribution < 1.29 is 4.42 Å². The lowest BCUT2D eigenvalue weighted by atomic mass is 9.98. The Kier molecular flexibility index (Phi) is 4.79. The molecule has 5 heteroatoms. The first-order valence-electron chi connectivity index (χ1n) is 10.3. The molecule has 2 heterocycles. The lowest BCUT2D eigenvalue weighted by molar-refractivity contribution is 0.559. The van der Waals surface area contributed by atoms with E-state index in [-0.39, 0.29) is 11.7 Å². The third-order valence-electron chi connectivity index (χ3n) is 5.68. The zero-order valence-electron chi connectivity index (χ0n) is 17.5. The van der Waals surface area contributed by atoms with Gasteiger partial charge in [0, 0.05) is 31.6 Å². The van der Waals surface area contributed by atoms with Gasteiger partial charge in [0.1, 0.15) is 5.58 Å². The second kappa shape index (κ2) is 7.76. The van der Waals surface area contributed by atoms with Crippen molar-refractivity contribution >= 4 is 28.1 Å². The average Bonchev–Trinajstić information content (AvgIpc) is 3.24. The van der Waals surface area contributed by atoms with Crippen LogP contribution >= 0.6 is 0 Å². The molecule has 1 aliphatic heterocycles. The van der Waals surface area contributed by atoms with Crippen LogP contribution in [-0.2, 0) is 0 Å². The number of nitrogens with zero attached hydrogens (tertiary/aromatic N) is 3. The molecule has 3 aromatic carbocycles. The van der Waals surface area contributed by atoms with E-state index in [4.69, 9.17) is 9.52 Å². The van der Waals surface area contributed by atoms with Crippen LogP contribution in [-0.4, -0.2) is 19.8 Å². The van der Waals surface area contributed by atoms with Crippen molar-refractivity contribution in [1.82, 2.24) is 0 Å². The Hall–Kier alpha value is -3.86. The van der Waals surface area contributed by atoms with Gasteiger partial charge in [-0.15, -0.1) is 0 Å². The summed E-state index contributed by atoms with van der Waals surface area (Å²) in [6.07, 6.45) is 0.624. The van der Waals surface area contributed by atoms with Gasteiger partial charge in [0.25, 0.3) is 0 Å². The largest absolute Gasteiger partial charge is 0.422 e. The number of hydrogen-bond donors (Lipinski definition) is 0. The second-order valence-corrected chi connectivity index (χ2v) is 7.92. The Morgan fingerprint density at radius 1 is 0.935 bits per heavy atom. The molecule has 0 saturated heterocycles. The summed E-state index contributed by atoms with van der Waals surface area (Å²) in [6.45, 7) is 0. The molecule has 0 radical (unpaired) electrons. The number of hydrazone groups is 1. The fraction of sp³-hybridized carbons (Fsp3) is 0.154. The van der Waals surface area contributed by atoms with Crippen molar-refractivity contribution in [2.24, 2.45) is 5.10 Å². The molecule has 4 aromatic rings. The molecule has 31 heavy (non-hydrogen) atoms. The molecule has 5 rings (SSSR count). The Morgan fingerprint density at radius 3 is 2.39 bits per heavy atom. The van der Waals surface area contributed by atoms with Crippen LogP contribution in [0.2, 0.25) is 0 Å². The summed E-state index contributed by atoms with van der Waals surface area (Å²) in [5.74, 6) is 0. The Morgan fingerprint density at radius 2 is 1.65 bits per heavy atom. The van der Waals surface area contributed by atoms with E-state index in [0.717, 1.165) is 28.0 Å². The maximum Gasteiger partial charge on any atom is 0.345 e. The molecule has 0 aliphatic carbocycles. The molecule has 1 aliphatic rings. The number of anilines is 2. The number of rotatable bonds is 4. The topological polar surface area (TPSA) is 49.1 Å². The molecule has 0 bridgehead atoms. The average molecular weight is 409 g/mol. The summed E-state index contributed by atoms with van der Waals surface area (Å²) in [5, 5.41) is 7.79. The summed E-state index contributed by atoms with van der Waals surface area (Å²) in [7, 11) is 4.06. The van der Waals surface area contributed by atoms with Crippen molar-refractivity contribution in [3.63, 3.8) is 0 Å². The second-order valence-electron chi connectivity index (χ2n) is 7.92. The zero-order valence-corrected chi connectivity index (χ0v) is 17.5. The lowest BCUT2D eigenvalue weighted by Crippen LogP contribution is -2.18. The van der Waals surface area contributed by atoms with Crippen LogP contribution in [0.3, 0.4) is 0 Å². The summed E-state index contributed by atoms with van der Waals surface area (Å²) >= 11 is 0. The van der Waals surface area contributed by atoms with Gasteiger partial charge in [-0.2, -0.15) is 5.10 Å². The Bertz CT molecular complexity index is 1310. The molecule has 5 nitrogen and oxygen atoms in total. The van der Waals surface area contributed by atoms with Gasteiger partial charge in [0.15, 0.2) is 0 Å². The summed E-state index contributed by atoms with van der Waals surface area (Å²) in [4.78, 5) is 14.8. The predicted molar refractivity (Wildman–Crippen MR) is 126 cm³/mol. The highest BCUT2D eigenvalue weighted by molar-refractivity contribution is 6.04. The minimum Gasteiger partial charge on any atom is -0.422 e. The number of benzene rings is 3. The molecule has 0 spiro atoms. The number of hydrogen-bond acceptors (Lipinski definition) is 5. The highest BCUT2D eigenvalue weighted by Gasteiger charge is 2.31. The first-order valence-corrected chi connectivity index (χ1v) is 10.3. The maximum absolute atomic E-state index is 12.8. The summed E-state index contributed by atoms with van der Waals surface area (Å²) < 4.78 is 5.57. The van der Waals surface area contributed by atoms with Crippen molar-refractivity contribution in [2.75, 3.05) is 24.0 Å². The van der Waals surface area contributed by atoms with Gasteiger partial charge in [-0.25, -0.2) is 4.79 Å². The first kappa shape index (κ1) is 19.1. The molecular formula is C26H23N3O2. The monoisotopic (exact) mass is 409 g/mol. The van der Waals surface area contributed by atoms with Crippen LogP contribution in [0.1, 0.15) is 23.6 Å². The van der Waals surface area contributed by atoms with E-state index in [0.29, 0.717) is 17.6 Å². The van der Waals surface area contributed by atoms with Crippen LogP contribution in [0.25, 0.3) is 11.0 Å². The summed E-state index contributed by atoms with van der Waals surface area (Å²) in [6, 6.07) is 28.0. The van der Waals surface area contributed by atoms with E-state index < -0.39 is 0 Å². The fourth-order valence-electron chi connectivity index (χ4n) is 4.01. The smallest absolute Gasteiger partial charge is 0.345 e. The van der Waals surface area contributed by atoms with Crippen LogP contribution in [0.4, 0.5) is 11.4 Å². The third-order valence-corrected chi connectivity index (χ3v) is 5.68. The van der Waals surface area contributed by atoms with E-state index in [1.807, 2.05) is 79.8 Å². The highest BCUT2D eigenvalue weighted by Crippen LogP contribution is 2.37. The van der Waals surface area contributed by atoms with E-state index in [1.54, 1.807) is 0 Å². The molecule has 0 saturated carbocycles. The number of fused-ring (bicyclic) bond motifs is 1. The molecular weight excluding hydrogens is 386 g/mol. The van der Waals surface area contributed by atoms with E-state index >= 15 is 0 Å². The normalized spacial score (nSPS) is 15.9. The maximum atomic E-state index is 12.8. The predicted octanol–water partition coefficient (Wildman–Crippen LogP) is 5.21. The van der Waals surface area contributed by atoms with Crippen molar-refractivity contribution in [2.45, 2.75) is 12.5 Å². The molecule has 1 atom stereocenters. The van der Waals surface area contributed by atoms with Gasteiger partial charge >= 0.3 is 5.63 Å². The minimum absolute atomic E-state index is 0.000479. The Balaban J connectivity index is 1.58. The minimum atomic E-state index is -0.353. The van der Waals surface area contributed by atoms with E-state index in [2.05, 4.69) is 29.2 Å². The third kappa shape index (κ3) is 3.59. The van der Waals surface area contributed by atoms with E-state index in [1.165, 1.54) is 0 Å². The highest BCUT2D eigenvalue weighted by atomic mass is 16.4. The number of para-hydroxylation sites is 2. The lowest BCUT2D eigenvalue weighted by Gasteiger charge is -2.24. The molecule has 154 valence electrons. The molecule has 0 fully saturated rings. The first-order chi connectivity index (χ1) is 15.1. The van der Waals surface area contributed by atoms with Gasteiger partial charge < -0.3 is 9.32 Å². The Labute approximate surface area is 180 Å². The van der Waals surface area contributed by atoms with Gasteiger partial charge in [-0.3, -0.25) is 5.01 Å². The molecule has 1 aromatic heterocycles. The van der Waals surface area contributed by atoms with Crippen LogP contribution < -0.4 is 15.5 Å². The quantitative estimate of drug-likeness (QED) is 0.434. The summed E-state index contributed by atoms with van der Waals surface area (Å²) in [5.41, 5.74) is 4.78. The standard InChI is InChI=1S/C26H23N3O2/c1-28(2)20-14-12-18(13-15-20)24-17-23(27-29(24)21-9-4-3-5-10-21)22-16-19-8-6-7-11-25(19)31-26(22)30/h3-16,24H,17H2,1-2H3/t24-/m1/s1. The SMILES string of the molecule is CN(C)c1ccc([C@H]2CC(c3cc4ccccc4oc3=O)=NN2c2ccccc2)cc1. The van der Waals surface area contributed by atoms with Crippen LogP contribution in [0, 0.1) is 0 Å². The molecule has 0 N–H and O–H groups in total. The van der Waals surface area contributed by atoms with Gasteiger partial charge in [-0.05, 0) is 42.0 Å². The molecule has 0 unspecified atom stereocenters. The van der Waals surface area contributed by atoms with Crippen molar-refractivity contribution in [3.8, 4) is 0 Å². The zero-order chi connectivity index (χ0) is 21.4. The van der Waals surface area contributed by atoms with Crippen LogP contribution in [0.15, 0.2) is 99.2 Å². The van der Waals surface area contributed by atoms with Gasteiger partial charge in [0.05, 0.1) is 23.0 Å². The van der Waals surface area contributed by atoms with Crippen molar-refractivity contribution in [1.29, 1.82) is 0 Å². The van der Waals surface area contributed by atoms with Crippen molar-refractivity contribution in [3.05, 3.63) is 106 Å². The van der Waals surface area contributed by atoms with Crippen LogP contribution in [0.5, 0.6) is 0 Å². The van der Waals surface area contributed by atoms with E-state index in [9.17, 15) is 4.79 Å².